The molecule has 4 rings (SSSR count). The number of carbonyl (C=O) groups is 2. The molecule has 0 radical (unpaired) electrons. The third-order valence-corrected chi connectivity index (χ3v) is 6.70. The molecule has 0 aliphatic heterocycles. The van der Waals surface area contributed by atoms with Crippen LogP contribution in [0.2, 0.25) is 0 Å². The largest absolute Gasteiger partial charge is 0.491 e. The second-order valence-corrected chi connectivity index (χ2v) is 11.3. The van der Waals surface area contributed by atoms with Crippen molar-refractivity contribution < 1.29 is 29.3 Å². The fourth-order valence-corrected chi connectivity index (χ4v) is 4.67. The summed E-state index contributed by atoms with van der Waals surface area (Å²) in [6, 6.07) is 23.4. The minimum Gasteiger partial charge on any atom is -0.491 e. The van der Waals surface area contributed by atoms with Crippen molar-refractivity contribution in [2.45, 2.75) is 44.9 Å². The highest BCUT2D eigenvalue weighted by molar-refractivity contribution is 6.12. The maximum Gasteiger partial charge on any atom is 0.410 e. The average molecular weight is 574 g/mol. The third-order valence-electron chi connectivity index (χ3n) is 6.70. The number of rotatable bonds is 11. The molecule has 0 unspecified atom stereocenters. The van der Waals surface area contributed by atoms with Gasteiger partial charge in [0.05, 0.1) is 24.8 Å². The van der Waals surface area contributed by atoms with Crippen molar-refractivity contribution in [1.82, 2.24) is 9.47 Å². The first-order valence-electron chi connectivity index (χ1n) is 13.9. The van der Waals surface area contributed by atoms with Gasteiger partial charge in [-0.1, -0.05) is 48.5 Å². The highest BCUT2D eigenvalue weighted by atomic mass is 16.6. The van der Waals surface area contributed by atoms with E-state index < -0.39 is 23.8 Å². The standard InChI is InChI=1S/C33H39N3O6/c1-33(2,3)42-32(40)36(19-26(38)22-41-27-10-6-5-7-11-27)25(21-37)18-23-14-16-24(17-15-23)34-31(39)29-20-35(4)30-13-9-8-12-28(29)30/h5-17,20,25-26,37-38H,18-19,21-22H2,1-4H3,(H,34,39)/t25-,26-/m0/s1. The maximum atomic E-state index is 13.2. The minimum absolute atomic E-state index is 0.0352. The third kappa shape index (κ3) is 8.11. The number of nitrogens with zero attached hydrogens (tertiary/aromatic N) is 2. The molecule has 9 heteroatoms. The van der Waals surface area contributed by atoms with Gasteiger partial charge in [0.1, 0.15) is 24.1 Å². The van der Waals surface area contributed by atoms with Crippen molar-refractivity contribution in [3.63, 3.8) is 0 Å². The van der Waals surface area contributed by atoms with Gasteiger partial charge in [-0.25, -0.2) is 4.79 Å². The molecule has 2 amide bonds. The molecule has 0 fully saturated rings. The number of fused-ring (bicyclic) bond motifs is 1. The summed E-state index contributed by atoms with van der Waals surface area (Å²) in [5.41, 5.74) is 2.25. The van der Waals surface area contributed by atoms with Crippen LogP contribution in [0.1, 0.15) is 36.7 Å². The number of hydrogen-bond acceptors (Lipinski definition) is 6. The fourth-order valence-electron chi connectivity index (χ4n) is 4.67. The first kappa shape index (κ1) is 30.6. The number of para-hydroxylation sites is 2. The van der Waals surface area contributed by atoms with Gasteiger partial charge in [0.15, 0.2) is 0 Å². The first-order valence-corrected chi connectivity index (χ1v) is 13.9. The molecule has 1 heterocycles. The van der Waals surface area contributed by atoms with E-state index in [4.69, 9.17) is 9.47 Å². The minimum atomic E-state index is -1.02. The molecule has 0 aliphatic rings. The lowest BCUT2D eigenvalue weighted by molar-refractivity contribution is -0.00891. The lowest BCUT2D eigenvalue weighted by Crippen LogP contribution is -2.50. The molecular formula is C33H39N3O6. The maximum absolute atomic E-state index is 13.2. The number of benzene rings is 3. The first-order chi connectivity index (χ1) is 20.0. The molecule has 2 atom stereocenters. The van der Waals surface area contributed by atoms with Crippen molar-refractivity contribution in [2.24, 2.45) is 7.05 Å². The Morgan fingerprint density at radius 1 is 0.976 bits per heavy atom. The zero-order valence-electron chi connectivity index (χ0n) is 24.5. The van der Waals surface area contributed by atoms with Crippen LogP contribution in [0.3, 0.4) is 0 Å². The molecule has 9 nitrogen and oxygen atoms in total. The molecule has 3 N–H and O–H groups in total. The summed E-state index contributed by atoms with van der Waals surface area (Å²) in [5.74, 6) is 0.391. The Morgan fingerprint density at radius 3 is 2.31 bits per heavy atom. The zero-order chi connectivity index (χ0) is 30.3. The molecule has 0 saturated carbocycles. The van der Waals surface area contributed by atoms with E-state index in [-0.39, 0.29) is 25.7 Å². The number of carbonyl (C=O) groups excluding carboxylic acids is 2. The lowest BCUT2D eigenvalue weighted by Gasteiger charge is -2.34. The highest BCUT2D eigenvalue weighted by Crippen LogP contribution is 2.22. The summed E-state index contributed by atoms with van der Waals surface area (Å²) in [6.45, 7) is 4.81. The number of hydrogen-bond donors (Lipinski definition) is 3. The summed E-state index contributed by atoms with van der Waals surface area (Å²) in [4.78, 5) is 27.5. The van der Waals surface area contributed by atoms with Gasteiger partial charge in [-0.05, 0) is 63.1 Å². The number of nitrogens with one attached hydrogen (secondary N) is 1. The number of aromatic nitrogens is 1. The summed E-state index contributed by atoms with van der Waals surface area (Å²) in [7, 11) is 1.90. The molecule has 222 valence electrons. The quantitative estimate of drug-likeness (QED) is 0.233. The smallest absolute Gasteiger partial charge is 0.410 e. The molecule has 4 aromatic rings. The molecule has 3 aromatic carbocycles. The van der Waals surface area contributed by atoms with Crippen LogP contribution in [-0.4, -0.2) is 69.2 Å². The summed E-state index contributed by atoms with van der Waals surface area (Å²) in [6.07, 6.45) is 0.461. The Kier molecular flexibility index (Phi) is 9.88. The number of amides is 2. The monoisotopic (exact) mass is 573 g/mol. The Labute approximate surface area is 246 Å². The predicted molar refractivity (Wildman–Crippen MR) is 163 cm³/mol. The Bertz CT molecular complexity index is 1480. The van der Waals surface area contributed by atoms with Crippen LogP contribution < -0.4 is 10.1 Å². The molecule has 1 aromatic heterocycles. The van der Waals surface area contributed by atoms with Crippen molar-refractivity contribution in [3.05, 3.63) is 96.2 Å². The molecule has 0 bridgehead atoms. The van der Waals surface area contributed by atoms with Crippen LogP contribution in [0.5, 0.6) is 5.75 Å². The summed E-state index contributed by atoms with van der Waals surface area (Å²) >= 11 is 0. The van der Waals surface area contributed by atoms with Gasteiger partial charge in [-0.2, -0.15) is 0 Å². The Morgan fingerprint density at radius 2 is 1.64 bits per heavy atom. The van der Waals surface area contributed by atoms with Gasteiger partial charge < -0.3 is 29.6 Å². The lowest BCUT2D eigenvalue weighted by atomic mass is 10.0. The van der Waals surface area contributed by atoms with Crippen molar-refractivity contribution in [1.29, 1.82) is 0 Å². The van der Waals surface area contributed by atoms with Crippen molar-refractivity contribution in [3.8, 4) is 5.75 Å². The SMILES string of the molecule is Cn1cc(C(=O)Nc2ccc(C[C@@H](CO)N(C[C@H](O)COc3ccccc3)C(=O)OC(C)(C)C)cc2)c2ccccc21. The van der Waals surface area contributed by atoms with Gasteiger partial charge >= 0.3 is 6.09 Å². The van der Waals surface area contributed by atoms with E-state index in [1.54, 1.807) is 45.0 Å². The normalized spacial score (nSPS) is 12.9. The van der Waals surface area contributed by atoms with E-state index >= 15 is 0 Å². The zero-order valence-corrected chi connectivity index (χ0v) is 24.5. The van der Waals surface area contributed by atoms with E-state index in [1.807, 2.05) is 72.4 Å². The van der Waals surface area contributed by atoms with Crippen LogP contribution in [0.15, 0.2) is 85.1 Å². The molecule has 0 saturated heterocycles. The van der Waals surface area contributed by atoms with Crippen LogP contribution in [0.25, 0.3) is 10.9 Å². The van der Waals surface area contributed by atoms with Gasteiger partial charge in [-0.3, -0.25) is 9.69 Å². The topological polar surface area (TPSA) is 113 Å². The van der Waals surface area contributed by atoms with E-state index in [1.165, 1.54) is 4.90 Å². The van der Waals surface area contributed by atoms with Gasteiger partial charge in [0.25, 0.3) is 5.91 Å². The van der Waals surface area contributed by atoms with Gasteiger partial charge in [0, 0.05) is 29.8 Å². The average Bonchev–Trinajstić information content (AvgIpc) is 3.31. The number of anilines is 1. The summed E-state index contributed by atoms with van der Waals surface area (Å²) in [5, 5.41) is 24.8. The number of aliphatic hydroxyl groups excluding tert-OH is 2. The van der Waals surface area contributed by atoms with E-state index in [0.717, 1.165) is 16.5 Å². The van der Waals surface area contributed by atoms with Crippen LogP contribution >= 0.6 is 0 Å². The second kappa shape index (κ2) is 13.5. The number of aliphatic hydroxyl groups is 2. The Hall–Kier alpha value is -4.34. The van der Waals surface area contributed by atoms with Crippen LogP contribution in [0, 0.1) is 0 Å². The fraction of sp³-hybridized carbons (Fsp3) is 0.333. The van der Waals surface area contributed by atoms with Crippen molar-refractivity contribution >= 4 is 28.6 Å². The van der Waals surface area contributed by atoms with Crippen LogP contribution in [0.4, 0.5) is 10.5 Å². The molecule has 0 spiro atoms. The second-order valence-electron chi connectivity index (χ2n) is 11.3. The number of aryl methyl sites for hydroxylation is 1. The predicted octanol–water partition coefficient (Wildman–Crippen LogP) is 5.01. The van der Waals surface area contributed by atoms with Gasteiger partial charge in [-0.15, -0.1) is 0 Å². The van der Waals surface area contributed by atoms with Gasteiger partial charge in [0.2, 0.25) is 0 Å². The van der Waals surface area contributed by atoms with Crippen molar-refractivity contribution in [2.75, 3.05) is 25.1 Å². The highest BCUT2D eigenvalue weighted by Gasteiger charge is 2.30. The van der Waals surface area contributed by atoms with E-state index in [9.17, 15) is 19.8 Å². The van der Waals surface area contributed by atoms with E-state index in [2.05, 4.69) is 5.32 Å². The molecule has 42 heavy (non-hydrogen) atoms. The molecule has 0 aliphatic carbocycles. The number of ether oxygens (including phenoxy) is 2. The Balaban J connectivity index is 1.43. The van der Waals surface area contributed by atoms with E-state index in [0.29, 0.717) is 23.4 Å². The molecular weight excluding hydrogens is 534 g/mol. The summed E-state index contributed by atoms with van der Waals surface area (Å²) < 4.78 is 13.2. The van der Waals surface area contributed by atoms with Crippen LogP contribution in [-0.2, 0) is 18.2 Å².